The van der Waals surface area contributed by atoms with Gasteiger partial charge in [0.2, 0.25) is 0 Å². The SMILES string of the molecule is CCN(CC)CCOC(=O)c1cc(-c2ccc(F)cc2F)ccc1O. The summed E-state index contributed by atoms with van der Waals surface area (Å²) < 4.78 is 32.1. The fourth-order valence-corrected chi connectivity index (χ4v) is 2.48. The van der Waals surface area contributed by atoms with Crippen LogP contribution in [0.2, 0.25) is 0 Å². The Morgan fingerprint density at radius 3 is 2.48 bits per heavy atom. The first kappa shape index (κ1) is 18.9. The first-order chi connectivity index (χ1) is 12.0. The van der Waals surface area contributed by atoms with Gasteiger partial charge >= 0.3 is 5.97 Å². The molecule has 0 saturated heterocycles. The number of phenols is 1. The van der Waals surface area contributed by atoms with Crippen molar-refractivity contribution in [1.82, 2.24) is 4.90 Å². The molecule has 0 bridgehead atoms. The van der Waals surface area contributed by atoms with Gasteiger partial charge in [-0.3, -0.25) is 0 Å². The number of carbonyl (C=O) groups excluding carboxylic acids is 1. The second kappa shape index (κ2) is 8.58. The fraction of sp³-hybridized carbons (Fsp3) is 0.316. The van der Waals surface area contributed by atoms with E-state index in [1.165, 1.54) is 24.3 Å². The Kier molecular flexibility index (Phi) is 6.47. The van der Waals surface area contributed by atoms with Gasteiger partial charge in [0.05, 0.1) is 0 Å². The highest BCUT2D eigenvalue weighted by atomic mass is 19.1. The van der Waals surface area contributed by atoms with Crippen LogP contribution in [0, 0.1) is 11.6 Å². The molecule has 0 radical (unpaired) electrons. The summed E-state index contributed by atoms with van der Waals surface area (Å²) in [6.45, 7) is 6.49. The second-order valence-electron chi connectivity index (χ2n) is 5.52. The molecule has 2 aromatic carbocycles. The van der Waals surface area contributed by atoms with E-state index in [1.807, 2.05) is 13.8 Å². The lowest BCUT2D eigenvalue weighted by molar-refractivity contribution is 0.0463. The zero-order valence-corrected chi connectivity index (χ0v) is 14.3. The first-order valence-electron chi connectivity index (χ1n) is 8.14. The lowest BCUT2D eigenvalue weighted by Gasteiger charge is -2.17. The molecule has 0 spiro atoms. The van der Waals surface area contributed by atoms with Crippen molar-refractivity contribution in [2.75, 3.05) is 26.2 Å². The third kappa shape index (κ3) is 4.76. The minimum atomic E-state index is -0.744. The van der Waals surface area contributed by atoms with E-state index < -0.39 is 17.6 Å². The molecule has 0 aromatic heterocycles. The standard InChI is InChI=1S/C19H21F2NO3/c1-3-22(4-2)9-10-25-19(24)16-11-13(5-8-18(16)23)15-7-6-14(20)12-17(15)21/h5-8,11-12,23H,3-4,9-10H2,1-2H3. The number of esters is 1. The molecule has 2 rings (SSSR count). The van der Waals surface area contributed by atoms with Gasteiger partial charge in [-0.05, 0) is 42.9 Å². The van der Waals surface area contributed by atoms with Crippen LogP contribution < -0.4 is 0 Å². The van der Waals surface area contributed by atoms with Gasteiger partial charge < -0.3 is 14.7 Å². The summed E-state index contributed by atoms with van der Waals surface area (Å²) in [4.78, 5) is 14.3. The molecule has 25 heavy (non-hydrogen) atoms. The van der Waals surface area contributed by atoms with Crippen molar-refractivity contribution in [1.29, 1.82) is 0 Å². The number of hydrogen-bond acceptors (Lipinski definition) is 4. The summed E-state index contributed by atoms with van der Waals surface area (Å²) in [6, 6.07) is 7.27. The van der Waals surface area contributed by atoms with Crippen LogP contribution in [-0.4, -0.2) is 42.2 Å². The Balaban J connectivity index is 2.17. The van der Waals surface area contributed by atoms with Crippen LogP contribution in [0.3, 0.4) is 0 Å². The van der Waals surface area contributed by atoms with E-state index in [9.17, 15) is 18.7 Å². The minimum absolute atomic E-state index is 0.0548. The Morgan fingerprint density at radius 1 is 1.12 bits per heavy atom. The number of phenolic OH excluding ortho intramolecular Hbond substituents is 1. The topological polar surface area (TPSA) is 49.8 Å². The summed E-state index contributed by atoms with van der Waals surface area (Å²) >= 11 is 0. The van der Waals surface area contributed by atoms with Crippen LogP contribution in [0.1, 0.15) is 24.2 Å². The van der Waals surface area contributed by atoms with Gasteiger partial charge in [-0.25, -0.2) is 13.6 Å². The Morgan fingerprint density at radius 2 is 1.84 bits per heavy atom. The summed E-state index contributed by atoms with van der Waals surface area (Å²) in [5, 5.41) is 9.90. The third-order valence-corrected chi connectivity index (χ3v) is 3.99. The highest BCUT2D eigenvalue weighted by molar-refractivity contribution is 5.94. The van der Waals surface area contributed by atoms with Crippen LogP contribution in [0.5, 0.6) is 5.75 Å². The number of nitrogens with zero attached hydrogens (tertiary/aromatic N) is 1. The zero-order chi connectivity index (χ0) is 18.4. The number of rotatable bonds is 7. The number of aromatic hydroxyl groups is 1. The van der Waals surface area contributed by atoms with E-state index in [2.05, 4.69) is 4.90 Å². The molecule has 6 heteroatoms. The Bertz CT molecular complexity index is 745. The molecule has 1 N–H and O–H groups in total. The van der Waals surface area contributed by atoms with E-state index in [4.69, 9.17) is 4.74 Å². The zero-order valence-electron chi connectivity index (χ0n) is 14.3. The molecule has 4 nitrogen and oxygen atoms in total. The number of benzene rings is 2. The second-order valence-corrected chi connectivity index (χ2v) is 5.52. The van der Waals surface area contributed by atoms with Gasteiger partial charge in [-0.15, -0.1) is 0 Å². The summed E-state index contributed by atoms with van der Waals surface area (Å²) in [6.07, 6.45) is 0. The van der Waals surface area contributed by atoms with Crippen LogP contribution in [-0.2, 0) is 4.74 Å². The molecule has 0 aliphatic rings. The van der Waals surface area contributed by atoms with Gasteiger partial charge in [0.15, 0.2) is 0 Å². The van der Waals surface area contributed by atoms with Crippen LogP contribution in [0.15, 0.2) is 36.4 Å². The van der Waals surface area contributed by atoms with Crippen molar-refractivity contribution in [3.05, 3.63) is 53.6 Å². The molecule has 134 valence electrons. The van der Waals surface area contributed by atoms with Crippen molar-refractivity contribution >= 4 is 5.97 Å². The molecule has 0 aliphatic carbocycles. The first-order valence-corrected chi connectivity index (χ1v) is 8.14. The Hall–Kier alpha value is -2.47. The minimum Gasteiger partial charge on any atom is -0.507 e. The maximum atomic E-state index is 13.9. The van der Waals surface area contributed by atoms with Crippen molar-refractivity contribution in [2.24, 2.45) is 0 Å². The van der Waals surface area contributed by atoms with E-state index in [0.717, 1.165) is 25.2 Å². The molecular weight excluding hydrogens is 328 g/mol. The number of halogens is 2. The van der Waals surface area contributed by atoms with Gasteiger partial charge in [0, 0.05) is 18.2 Å². The number of hydrogen-bond donors (Lipinski definition) is 1. The molecule has 0 atom stereocenters. The molecule has 0 fully saturated rings. The maximum absolute atomic E-state index is 13.9. The van der Waals surface area contributed by atoms with Crippen molar-refractivity contribution < 1.29 is 23.4 Å². The number of ether oxygens (including phenoxy) is 1. The van der Waals surface area contributed by atoms with Crippen LogP contribution in [0.25, 0.3) is 11.1 Å². The number of likely N-dealkylation sites (N-methyl/N-ethyl adjacent to an activating group) is 1. The summed E-state index contributed by atoms with van der Waals surface area (Å²) in [5.41, 5.74) is 0.436. The number of carbonyl (C=O) groups is 1. The fourth-order valence-electron chi connectivity index (χ4n) is 2.48. The van der Waals surface area contributed by atoms with Gasteiger partial charge in [0.1, 0.15) is 29.6 Å². The molecule has 0 amide bonds. The third-order valence-electron chi connectivity index (χ3n) is 3.99. The van der Waals surface area contributed by atoms with Crippen LogP contribution in [0.4, 0.5) is 8.78 Å². The summed E-state index contributed by atoms with van der Waals surface area (Å²) in [5.74, 6) is -2.37. The van der Waals surface area contributed by atoms with Gasteiger partial charge in [0.25, 0.3) is 0 Å². The highest BCUT2D eigenvalue weighted by Gasteiger charge is 2.16. The van der Waals surface area contributed by atoms with Crippen LogP contribution >= 0.6 is 0 Å². The largest absolute Gasteiger partial charge is 0.507 e. The van der Waals surface area contributed by atoms with E-state index in [0.29, 0.717) is 12.1 Å². The quantitative estimate of drug-likeness (QED) is 0.772. The predicted molar refractivity (Wildman–Crippen MR) is 91.5 cm³/mol. The molecule has 0 saturated carbocycles. The molecule has 0 unspecified atom stereocenters. The van der Waals surface area contributed by atoms with Crippen molar-refractivity contribution in [3.8, 4) is 16.9 Å². The van der Waals surface area contributed by atoms with Gasteiger partial charge in [-0.1, -0.05) is 19.9 Å². The lowest BCUT2D eigenvalue weighted by Crippen LogP contribution is -2.27. The van der Waals surface area contributed by atoms with E-state index in [-0.39, 0.29) is 23.5 Å². The van der Waals surface area contributed by atoms with E-state index >= 15 is 0 Å². The molecular formula is C19H21F2NO3. The van der Waals surface area contributed by atoms with Gasteiger partial charge in [-0.2, -0.15) is 0 Å². The average Bonchev–Trinajstić information content (AvgIpc) is 2.59. The molecule has 2 aromatic rings. The Labute approximate surface area is 145 Å². The summed E-state index contributed by atoms with van der Waals surface area (Å²) in [7, 11) is 0. The van der Waals surface area contributed by atoms with E-state index in [1.54, 1.807) is 0 Å². The molecule has 0 aliphatic heterocycles. The highest BCUT2D eigenvalue weighted by Crippen LogP contribution is 2.28. The lowest BCUT2D eigenvalue weighted by atomic mass is 10.0. The van der Waals surface area contributed by atoms with Crippen molar-refractivity contribution in [3.63, 3.8) is 0 Å². The molecule has 0 heterocycles. The average molecular weight is 349 g/mol. The monoisotopic (exact) mass is 349 g/mol. The smallest absolute Gasteiger partial charge is 0.341 e. The van der Waals surface area contributed by atoms with Crippen molar-refractivity contribution in [2.45, 2.75) is 13.8 Å². The predicted octanol–water partition coefficient (Wildman–Crippen LogP) is 3.84. The maximum Gasteiger partial charge on any atom is 0.341 e. The normalized spacial score (nSPS) is 10.9.